The molecule has 2 amide bonds. The van der Waals surface area contributed by atoms with E-state index in [1.54, 1.807) is 6.20 Å². The molecule has 0 aromatic carbocycles. The number of fused-ring (bicyclic) bond motifs is 2. The number of aromatic nitrogens is 3. The Morgan fingerprint density at radius 2 is 2.10 bits per heavy atom. The number of aromatic amines is 1. The van der Waals surface area contributed by atoms with Crippen LogP contribution in [-0.4, -0.2) is 51.5 Å². The first-order chi connectivity index (χ1) is 14.2. The van der Waals surface area contributed by atoms with E-state index in [2.05, 4.69) is 20.5 Å². The second-order valence-electron chi connectivity index (χ2n) is 8.71. The largest absolute Gasteiger partial charge is 0.359 e. The number of nitrogens with zero attached hydrogens (tertiary/aromatic N) is 4. The van der Waals surface area contributed by atoms with Crippen molar-refractivity contribution >= 4 is 23.3 Å². The summed E-state index contributed by atoms with van der Waals surface area (Å²) in [5.74, 6) is 1.84. The molecule has 0 bridgehead atoms. The second-order valence-corrected chi connectivity index (χ2v) is 8.71. The van der Waals surface area contributed by atoms with Gasteiger partial charge in [0.15, 0.2) is 0 Å². The van der Waals surface area contributed by atoms with E-state index in [0.29, 0.717) is 36.3 Å². The molecule has 2 aliphatic carbocycles. The minimum atomic E-state index is -0.0294. The van der Waals surface area contributed by atoms with Gasteiger partial charge in [-0.15, -0.1) is 0 Å². The summed E-state index contributed by atoms with van der Waals surface area (Å²) in [6.07, 6.45) is 7.15. The fourth-order valence-electron chi connectivity index (χ4n) is 4.43. The fraction of sp³-hybridized carbons (Fsp3) is 0.524. The maximum absolute atomic E-state index is 13.3. The molecule has 2 saturated carbocycles. The van der Waals surface area contributed by atoms with Gasteiger partial charge in [0.25, 0.3) is 5.91 Å². The Hall–Kier alpha value is -2.90. The summed E-state index contributed by atoms with van der Waals surface area (Å²) in [6.45, 7) is 2.24. The van der Waals surface area contributed by atoms with Gasteiger partial charge < -0.3 is 15.1 Å². The standard InChI is InChI=1S/C21H24N6O2/c28-18-9-23-20-17(27(18)10-12-1-2-12)7-14(8-22-20)21(29)26-6-5-16-15(11-26)19(25-24-16)13-3-4-13/h7-8,12-13H,1-6,9-11H2,(H,22,23)(H,24,25). The van der Waals surface area contributed by atoms with Gasteiger partial charge in [-0.1, -0.05) is 0 Å². The van der Waals surface area contributed by atoms with Gasteiger partial charge >= 0.3 is 0 Å². The lowest BCUT2D eigenvalue weighted by atomic mass is 10.0. The highest BCUT2D eigenvalue weighted by Crippen LogP contribution is 2.42. The smallest absolute Gasteiger partial charge is 0.255 e. The van der Waals surface area contributed by atoms with Crippen LogP contribution in [0.1, 0.15) is 58.9 Å². The van der Waals surface area contributed by atoms with E-state index in [0.717, 1.165) is 24.3 Å². The minimum absolute atomic E-state index is 0.0294. The van der Waals surface area contributed by atoms with Gasteiger partial charge in [-0.2, -0.15) is 5.10 Å². The quantitative estimate of drug-likeness (QED) is 0.831. The maximum atomic E-state index is 13.3. The van der Waals surface area contributed by atoms with Crippen LogP contribution in [0.5, 0.6) is 0 Å². The number of carbonyl (C=O) groups excluding carboxylic acids is 2. The second kappa shape index (κ2) is 6.30. The Kier molecular flexibility index (Phi) is 3.69. The van der Waals surface area contributed by atoms with Crippen LogP contribution in [0.15, 0.2) is 12.3 Å². The van der Waals surface area contributed by atoms with Crippen LogP contribution < -0.4 is 10.2 Å². The Morgan fingerprint density at radius 3 is 2.90 bits per heavy atom. The number of hydrogen-bond donors (Lipinski definition) is 2. The van der Waals surface area contributed by atoms with Crippen molar-refractivity contribution in [2.45, 2.75) is 44.6 Å². The van der Waals surface area contributed by atoms with Gasteiger partial charge in [-0.3, -0.25) is 14.7 Å². The molecule has 29 heavy (non-hydrogen) atoms. The van der Waals surface area contributed by atoms with Crippen LogP contribution in [0, 0.1) is 5.92 Å². The molecule has 6 rings (SSSR count). The highest BCUT2D eigenvalue weighted by Gasteiger charge is 2.35. The average molecular weight is 392 g/mol. The van der Waals surface area contributed by atoms with Crippen molar-refractivity contribution in [1.82, 2.24) is 20.1 Å². The summed E-state index contributed by atoms with van der Waals surface area (Å²) >= 11 is 0. The lowest BCUT2D eigenvalue weighted by Crippen LogP contribution is -2.42. The van der Waals surface area contributed by atoms with Crippen molar-refractivity contribution < 1.29 is 9.59 Å². The van der Waals surface area contributed by atoms with Crippen LogP contribution in [0.2, 0.25) is 0 Å². The zero-order valence-electron chi connectivity index (χ0n) is 16.3. The van der Waals surface area contributed by atoms with Gasteiger partial charge in [-0.25, -0.2) is 4.98 Å². The third kappa shape index (κ3) is 2.97. The first-order valence-electron chi connectivity index (χ1n) is 10.6. The molecule has 0 atom stereocenters. The van der Waals surface area contributed by atoms with Crippen molar-refractivity contribution in [2.75, 3.05) is 29.9 Å². The molecule has 2 aromatic heterocycles. The van der Waals surface area contributed by atoms with Crippen molar-refractivity contribution in [1.29, 1.82) is 0 Å². The molecule has 8 heteroatoms. The van der Waals surface area contributed by atoms with Crippen molar-refractivity contribution in [3.05, 3.63) is 34.8 Å². The number of anilines is 2. The topological polar surface area (TPSA) is 94.2 Å². The van der Waals surface area contributed by atoms with E-state index < -0.39 is 0 Å². The summed E-state index contributed by atoms with van der Waals surface area (Å²) < 4.78 is 0. The predicted octanol–water partition coefficient (Wildman–Crippen LogP) is 2.05. The van der Waals surface area contributed by atoms with Crippen molar-refractivity contribution in [2.24, 2.45) is 5.92 Å². The molecule has 2 aromatic rings. The fourth-order valence-corrected chi connectivity index (χ4v) is 4.43. The van der Waals surface area contributed by atoms with Gasteiger partial charge in [0, 0.05) is 49.4 Å². The SMILES string of the molecule is O=C(c1cnc2c(c1)N(CC1CC1)C(=O)CN2)N1CCc2[nH]nc(C3CC3)c2C1. The molecule has 2 N–H and O–H groups in total. The number of hydrogen-bond acceptors (Lipinski definition) is 5. The molecule has 8 nitrogen and oxygen atoms in total. The van der Waals surface area contributed by atoms with Crippen molar-refractivity contribution in [3.63, 3.8) is 0 Å². The predicted molar refractivity (Wildman–Crippen MR) is 107 cm³/mol. The Morgan fingerprint density at radius 1 is 1.24 bits per heavy atom. The Labute approximate surface area is 168 Å². The summed E-state index contributed by atoms with van der Waals surface area (Å²) in [6, 6.07) is 1.84. The highest BCUT2D eigenvalue weighted by molar-refractivity contribution is 6.04. The average Bonchev–Trinajstić information content (AvgIpc) is 3.68. The molecule has 0 radical (unpaired) electrons. The Balaban J connectivity index is 1.27. The first kappa shape index (κ1) is 17.0. The third-order valence-electron chi connectivity index (χ3n) is 6.47. The summed E-state index contributed by atoms with van der Waals surface area (Å²) in [5, 5.41) is 10.8. The van der Waals surface area contributed by atoms with Crippen LogP contribution in [-0.2, 0) is 17.8 Å². The zero-order chi connectivity index (χ0) is 19.5. The molecule has 4 aliphatic rings. The van der Waals surface area contributed by atoms with E-state index in [4.69, 9.17) is 0 Å². The molecule has 150 valence electrons. The summed E-state index contributed by atoms with van der Waals surface area (Å²) in [4.78, 5) is 33.9. The van der Waals surface area contributed by atoms with E-state index in [1.165, 1.54) is 36.9 Å². The maximum Gasteiger partial charge on any atom is 0.255 e. The zero-order valence-corrected chi connectivity index (χ0v) is 16.3. The number of pyridine rings is 1. The molecule has 0 saturated heterocycles. The lowest BCUT2D eigenvalue weighted by molar-refractivity contribution is -0.117. The number of carbonyl (C=O) groups is 2. The number of nitrogens with one attached hydrogen (secondary N) is 2. The van der Waals surface area contributed by atoms with Crippen LogP contribution in [0.4, 0.5) is 11.5 Å². The van der Waals surface area contributed by atoms with Crippen molar-refractivity contribution in [3.8, 4) is 0 Å². The van der Waals surface area contributed by atoms with E-state index in [1.807, 2.05) is 15.9 Å². The van der Waals surface area contributed by atoms with E-state index in [9.17, 15) is 9.59 Å². The van der Waals surface area contributed by atoms with E-state index >= 15 is 0 Å². The lowest BCUT2D eigenvalue weighted by Gasteiger charge is -2.31. The number of amides is 2. The Bertz CT molecular complexity index is 1010. The molecule has 0 spiro atoms. The molecular weight excluding hydrogens is 368 g/mol. The van der Waals surface area contributed by atoms with Crippen LogP contribution in [0.3, 0.4) is 0 Å². The highest BCUT2D eigenvalue weighted by atomic mass is 16.2. The number of H-pyrrole nitrogens is 1. The summed E-state index contributed by atoms with van der Waals surface area (Å²) in [7, 11) is 0. The molecular formula is C21H24N6O2. The van der Waals surface area contributed by atoms with Gasteiger partial charge in [-0.05, 0) is 37.7 Å². The van der Waals surface area contributed by atoms with Gasteiger partial charge in [0.05, 0.1) is 23.5 Å². The molecule has 2 aliphatic heterocycles. The first-order valence-corrected chi connectivity index (χ1v) is 10.6. The molecule has 4 heterocycles. The third-order valence-corrected chi connectivity index (χ3v) is 6.47. The summed E-state index contributed by atoms with van der Waals surface area (Å²) in [5.41, 5.74) is 4.79. The van der Waals surface area contributed by atoms with Crippen LogP contribution >= 0.6 is 0 Å². The van der Waals surface area contributed by atoms with Gasteiger partial charge in [0.1, 0.15) is 5.82 Å². The van der Waals surface area contributed by atoms with Crippen LogP contribution in [0.25, 0.3) is 0 Å². The number of rotatable bonds is 4. The van der Waals surface area contributed by atoms with Gasteiger partial charge in [0.2, 0.25) is 5.91 Å². The monoisotopic (exact) mass is 392 g/mol. The molecule has 2 fully saturated rings. The van der Waals surface area contributed by atoms with E-state index in [-0.39, 0.29) is 18.4 Å². The molecule has 0 unspecified atom stereocenters. The minimum Gasteiger partial charge on any atom is -0.359 e. The normalized spacial score (nSPS) is 20.9.